The Morgan fingerprint density at radius 3 is 2.39 bits per heavy atom. The number of amides is 3. The van der Waals surface area contributed by atoms with Crippen molar-refractivity contribution in [2.45, 2.75) is 0 Å². The highest BCUT2D eigenvalue weighted by Gasteiger charge is 2.38. The highest BCUT2D eigenvalue weighted by molar-refractivity contribution is 6.36. The number of halogens is 2. The topological polar surface area (TPSA) is 79.6 Å². The van der Waals surface area contributed by atoms with Gasteiger partial charge in [0.05, 0.1) is 27.5 Å². The van der Waals surface area contributed by atoms with E-state index in [9.17, 15) is 14.4 Å². The van der Waals surface area contributed by atoms with E-state index in [2.05, 4.69) is 5.32 Å². The summed E-state index contributed by atoms with van der Waals surface area (Å²) in [6.07, 6.45) is 0. The van der Waals surface area contributed by atoms with Crippen LogP contribution in [0.1, 0.15) is 31.3 Å². The van der Waals surface area contributed by atoms with Crippen LogP contribution in [-0.2, 0) is 0 Å². The van der Waals surface area contributed by atoms with Gasteiger partial charge in [0, 0.05) is 10.6 Å². The van der Waals surface area contributed by atoms with Crippen molar-refractivity contribution in [2.24, 2.45) is 0 Å². The molecule has 5 rings (SSSR count). The maximum atomic E-state index is 13.1. The third kappa shape index (κ3) is 3.69. The van der Waals surface area contributed by atoms with Gasteiger partial charge in [-0.2, -0.15) is 0 Å². The molecule has 8 heteroatoms. The first kappa shape index (κ1) is 21.0. The van der Waals surface area contributed by atoms with Crippen LogP contribution in [-0.4, -0.2) is 17.7 Å². The monoisotopic (exact) mass is 476 g/mol. The summed E-state index contributed by atoms with van der Waals surface area (Å²) < 4.78 is 5.68. The molecule has 0 spiro atoms. The van der Waals surface area contributed by atoms with Crippen LogP contribution in [0.3, 0.4) is 0 Å². The molecule has 1 N–H and O–H groups in total. The molecule has 3 amide bonds. The first-order valence-corrected chi connectivity index (χ1v) is 10.6. The van der Waals surface area contributed by atoms with Gasteiger partial charge >= 0.3 is 0 Å². The summed E-state index contributed by atoms with van der Waals surface area (Å²) in [5.74, 6) is -1.16. The van der Waals surface area contributed by atoms with Crippen molar-refractivity contribution in [1.29, 1.82) is 0 Å². The van der Waals surface area contributed by atoms with Crippen LogP contribution in [0.15, 0.2) is 83.3 Å². The van der Waals surface area contributed by atoms with Crippen LogP contribution in [0, 0.1) is 0 Å². The number of nitrogens with one attached hydrogen (secondary N) is 1. The number of imide groups is 1. The van der Waals surface area contributed by atoms with Gasteiger partial charge in [0.1, 0.15) is 5.76 Å². The van der Waals surface area contributed by atoms with E-state index in [1.165, 1.54) is 6.07 Å². The predicted molar refractivity (Wildman–Crippen MR) is 126 cm³/mol. The first-order valence-electron chi connectivity index (χ1n) is 9.87. The number of benzene rings is 3. The van der Waals surface area contributed by atoms with E-state index in [0.717, 1.165) is 4.90 Å². The summed E-state index contributed by atoms with van der Waals surface area (Å²) in [4.78, 5) is 40.0. The van der Waals surface area contributed by atoms with E-state index in [1.54, 1.807) is 72.8 Å². The molecule has 0 saturated heterocycles. The van der Waals surface area contributed by atoms with Gasteiger partial charge in [-0.15, -0.1) is 0 Å². The summed E-state index contributed by atoms with van der Waals surface area (Å²) >= 11 is 12.2. The van der Waals surface area contributed by atoms with Crippen LogP contribution in [0.4, 0.5) is 11.4 Å². The third-order valence-electron chi connectivity index (χ3n) is 5.20. The van der Waals surface area contributed by atoms with Gasteiger partial charge in [-0.05, 0) is 54.6 Å². The highest BCUT2D eigenvalue weighted by atomic mass is 35.5. The van der Waals surface area contributed by atoms with Crippen molar-refractivity contribution < 1.29 is 18.8 Å². The zero-order valence-corrected chi connectivity index (χ0v) is 18.4. The van der Waals surface area contributed by atoms with Crippen molar-refractivity contribution in [1.82, 2.24) is 0 Å². The van der Waals surface area contributed by atoms with Crippen molar-refractivity contribution >= 4 is 52.3 Å². The molecule has 1 aliphatic heterocycles. The van der Waals surface area contributed by atoms with Gasteiger partial charge in [-0.3, -0.25) is 14.4 Å². The highest BCUT2D eigenvalue weighted by Crippen LogP contribution is 2.34. The van der Waals surface area contributed by atoms with Crippen LogP contribution < -0.4 is 10.2 Å². The Labute approximate surface area is 198 Å². The molecule has 1 aliphatic rings. The minimum absolute atomic E-state index is 0.00957. The molecule has 3 aromatic carbocycles. The average Bonchev–Trinajstić information content (AvgIpc) is 3.40. The number of anilines is 2. The standard InChI is InChI=1S/C25H14Cl2N2O4/c26-14-9-10-18(27)17(13-14)20-11-12-21(33-20)23(30)28-19-8-4-7-16-22(19)25(32)29(24(16)31)15-5-2-1-3-6-15/h1-13H,(H,28,30). The van der Waals surface area contributed by atoms with Crippen LogP contribution in [0.5, 0.6) is 0 Å². The molecule has 0 fully saturated rings. The second-order valence-corrected chi connectivity index (χ2v) is 8.10. The number of hydrogen-bond donors (Lipinski definition) is 1. The number of carbonyl (C=O) groups excluding carboxylic acids is 3. The molecular weight excluding hydrogens is 463 g/mol. The molecule has 0 aliphatic carbocycles. The molecule has 0 saturated carbocycles. The number of rotatable bonds is 4. The lowest BCUT2D eigenvalue weighted by molar-refractivity contribution is 0.0926. The van der Waals surface area contributed by atoms with Crippen molar-refractivity contribution in [2.75, 3.05) is 10.2 Å². The molecule has 162 valence electrons. The molecule has 4 aromatic rings. The SMILES string of the molecule is O=C(Nc1cccc2c1C(=O)N(c1ccccc1)C2=O)c1ccc(-c2cc(Cl)ccc2Cl)o1. The largest absolute Gasteiger partial charge is 0.451 e. The zero-order valence-electron chi connectivity index (χ0n) is 16.8. The lowest BCUT2D eigenvalue weighted by Gasteiger charge is -2.13. The predicted octanol–water partition coefficient (Wildman–Crippen LogP) is 6.31. The van der Waals surface area contributed by atoms with Crippen LogP contribution in [0.25, 0.3) is 11.3 Å². The summed E-state index contributed by atoms with van der Waals surface area (Å²) in [6, 6.07) is 21.4. The molecule has 0 unspecified atom stereocenters. The fraction of sp³-hybridized carbons (Fsp3) is 0. The molecule has 0 radical (unpaired) electrons. The van der Waals surface area contributed by atoms with Gasteiger partial charge in [-0.25, -0.2) is 4.90 Å². The van der Waals surface area contributed by atoms with Gasteiger partial charge in [0.25, 0.3) is 17.7 Å². The van der Waals surface area contributed by atoms with Gasteiger partial charge < -0.3 is 9.73 Å². The fourth-order valence-corrected chi connectivity index (χ4v) is 4.06. The van der Waals surface area contributed by atoms with Gasteiger partial charge in [-0.1, -0.05) is 47.5 Å². The molecule has 1 aromatic heterocycles. The zero-order chi connectivity index (χ0) is 23.1. The second-order valence-electron chi connectivity index (χ2n) is 7.25. The van der Waals surface area contributed by atoms with E-state index in [0.29, 0.717) is 27.1 Å². The molecule has 0 bridgehead atoms. The van der Waals surface area contributed by atoms with Crippen molar-refractivity contribution in [3.8, 4) is 11.3 Å². The van der Waals surface area contributed by atoms with Crippen molar-refractivity contribution in [3.05, 3.63) is 106 Å². The summed E-state index contributed by atoms with van der Waals surface area (Å²) in [5, 5.41) is 3.58. The minimum Gasteiger partial charge on any atom is -0.451 e. The number of hydrogen-bond acceptors (Lipinski definition) is 4. The van der Waals surface area contributed by atoms with Gasteiger partial charge in [0.15, 0.2) is 5.76 Å². The number of para-hydroxylation sites is 1. The lowest BCUT2D eigenvalue weighted by atomic mass is 10.1. The Kier molecular flexibility index (Phi) is 5.24. The summed E-state index contributed by atoms with van der Waals surface area (Å²) in [5.41, 5.74) is 1.56. The molecular formula is C25H14Cl2N2O4. The Hall–Kier alpha value is -3.87. The summed E-state index contributed by atoms with van der Waals surface area (Å²) in [6.45, 7) is 0. The maximum Gasteiger partial charge on any atom is 0.291 e. The van der Waals surface area contributed by atoms with E-state index in [1.807, 2.05) is 0 Å². The number of nitrogens with zero attached hydrogens (tertiary/aromatic N) is 1. The Morgan fingerprint density at radius 2 is 1.61 bits per heavy atom. The molecule has 2 heterocycles. The number of carbonyl (C=O) groups is 3. The van der Waals surface area contributed by atoms with E-state index < -0.39 is 17.7 Å². The maximum absolute atomic E-state index is 13.1. The lowest BCUT2D eigenvalue weighted by Crippen LogP contribution is -2.29. The Morgan fingerprint density at radius 1 is 0.818 bits per heavy atom. The average molecular weight is 477 g/mol. The summed E-state index contributed by atoms with van der Waals surface area (Å²) in [7, 11) is 0. The second kappa shape index (κ2) is 8.24. The minimum atomic E-state index is -0.578. The molecule has 6 nitrogen and oxygen atoms in total. The Bertz CT molecular complexity index is 1430. The molecule has 33 heavy (non-hydrogen) atoms. The Balaban J connectivity index is 1.44. The number of fused-ring (bicyclic) bond motifs is 1. The van der Waals surface area contributed by atoms with E-state index in [-0.39, 0.29) is 22.6 Å². The van der Waals surface area contributed by atoms with Gasteiger partial charge in [0.2, 0.25) is 0 Å². The van der Waals surface area contributed by atoms with E-state index >= 15 is 0 Å². The van der Waals surface area contributed by atoms with Crippen LogP contribution >= 0.6 is 23.2 Å². The quantitative estimate of drug-likeness (QED) is 0.350. The first-order chi connectivity index (χ1) is 15.9. The van der Waals surface area contributed by atoms with E-state index in [4.69, 9.17) is 27.6 Å². The van der Waals surface area contributed by atoms with Crippen LogP contribution in [0.2, 0.25) is 10.0 Å². The van der Waals surface area contributed by atoms with Crippen molar-refractivity contribution in [3.63, 3.8) is 0 Å². The smallest absolute Gasteiger partial charge is 0.291 e. The fourth-order valence-electron chi connectivity index (χ4n) is 3.68. The third-order valence-corrected chi connectivity index (χ3v) is 5.77. The normalized spacial score (nSPS) is 12.7. The number of furan rings is 1. The molecule has 0 atom stereocenters.